The molecule has 4 radical (unpaired) electrons. The van der Waals surface area contributed by atoms with Gasteiger partial charge < -0.3 is 0 Å². The largest absolute Gasteiger partial charge is 0.0680 e. The molecule has 0 aromatic carbocycles. The van der Waals surface area contributed by atoms with Crippen molar-refractivity contribution in [1.82, 2.24) is 0 Å². The first kappa shape index (κ1) is 11.8. The molecule has 48 valence electrons. The quantitative estimate of drug-likeness (QED) is 0.660. The van der Waals surface area contributed by atoms with Crippen LogP contribution in [0.3, 0.4) is 0 Å². The molecular weight excluding hydrogens is 222 g/mol. The Hall–Kier alpha value is 1.04. The van der Waals surface area contributed by atoms with E-state index in [2.05, 4.69) is 20.8 Å². The fourth-order valence-corrected chi connectivity index (χ4v) is 2.25. The van der Waals surface area contributed by atoms with Gasteiger partial charge in [0.25, 0.3) is 0 Å². The van der Waals surface area contributed by atoms with E-state index in [0.717, 1.165) is 0 Å². The van der Waals surface area contributed by atoms with E-state index in [1.807, 2.05) is 0 Å². The van der Waals surface area contributed by atoms with Crippen LogP contribution >= 0.6 is 0 Å². The van der Waals surface area contributed by atoms with Crippen molar-refractivity contribution in [2.24, 2.45) is 0 Å². The van der Waals surface area contributed by atoms with Crippen molar-refractivity contribution < 1.29 is 0 Å². The van der Waals surface area contributed by atoms with Gasteiger partial charge in [-0.3, -0.25) is 0 Å². The molecule has 0 nitrogen and oxygen atoms in total. The van der Waals surface area contributed by atoms with Crippen LogP contribution in [0, 0.1) is 0 Å². The molecule has 0 aromatic rings. The van der Waals surface area contributed by atoms with E-state index >= 15 is 0 Å². The maximum atomic E-state index is 2.31. The molecule has 0 aliphatic rings. The third kappa shape index (κ3) is 5.18. The average molecular weight is 237 g/mol. The molecule has 0 aliphatic heterocycles. The maximum Gasteiger partial charge on any atom is 0.0470 e. The number of hydrogen-bond acceptors (Lipinski definition) is 0. The van der Waals surface area contributed by atoms with Crippen LogP contribution in [0.25, 0.3) is 0 Å². The number of rotatable bonds is 3. The second-order valence-corrected chi connectivity index (χ2v) is 5.43. The monoisotopic (exact) mass is 236 g/mol. The molecule has 0 bridgehead atoms. The second kappa shape index (κ2) is 8.04. The predicted molar refractivity (Wildman–Crippen MR) is 43.0 cm³/mol. The summed E-state index contributed by atoms with van der Waals surface area (Å²) in [6.45, 7) is 6.92. The molecule has 0 N–H and O–H groups in total. The van der Waals surface area contributed by atoms with Crippen molar-refractivity contribution in [3.8, 4) is 0 Å². The van der Waals surface area contributed by atoms with Gasteiger partial charge in [-0.05, 0) is 0 Å². The zero-order valence-corrected chi connectivity index (χ0v) is 9.62. The van der Waals surface area contributed by atoms with Crippen molar-refractivity contribution in [2.75, 3.05) is 0 Å². The molecule has 0 saturated heterocycles. The minimum absolute atomic E-state index is 0. The Morgan fingerprint density at radius 2 is 1.12 bits per heavy atom. The Labute approximate surface area is 72.1 Å². The first-order valence-electron chi connectivity index (χ1n) is 3.18. The molecule has 2 heteroatoms. The molecule has 0 aliphatic carbocycles. The van der Waals surface area contributed by atoms with Gasteiger partial charge in [0.05, 0.1) is 0 Å². The summed E-state index contributed by atoms with van der Waals surface area (Å²) in [6.07, 6.45) is 0. The molecule has 0 heterocycles. The van der Waals surface area contributed by atoms with Crippen LogP contribution in [-0.4, -0.2) is 33.2 Å². The SMILES string of the molecule is CC[Si](CC)CC.[Sb]. The van der Waals surface area contributed by atoms with E-state index in [1.165, 1.54) is 18.1 Å². The summed E-state index contributed by atoms with van der Waals surface area (Å²) in [7, 11) is 0.137. The Bertz CT molecular complexity index is 30.0. The zero-order valence-electron chi connectivity index (χ0n) is 6.07. The van der Waals surface area contributed by atoms with E-state index in [4.69, 9.17) is 0 Å². The first-order valence-corrected chi connectivity index (χ1v) is 5.30. The average Bonchev–Trinajstić information content (AvgIpc) is 1.72. The van der Waals surface area contributed by atoms with E-state index in [-0.39, 0.29) is 33.2 Å². The van der Waals surface area contributed by atoms with E-state index in [9.17, 15) is 0 Å². The zero-order chi connectivity index (χ0) is 5.70. The normalized spacial score (nSPS) is 9.00. The van der Waals surface area contributed by atoms with Crippen LogP contribution in [0.5, 0.6) is 0 Å². The molecule has 0 atom stereocenters. The van der Waals surface area contributed by atoms with Crippen LogP contribution in [0.1, 0.15) is 20.8 Å². The Kier molecular flexibility index (Phi) is 11.8. The smallest absolute Gasteiger partial charge is 0.0470 e. The number of hydrogen-bond donors (Lipinski definition) is 0. The minimum atomic E-state index is 0. The van der Waals surface area contributed by atoms with Gasteiger partial charge in [-0.15, -0.1) is 0 Å². The molecule has 0 saturated carbocycles. The van der Waals surface area contributed by atoms with Crippen molar-refractivity contribution >= 4 is 33.2 Å². The second-order valence-electron chi connectivity index (χ2n) is 1.81. The predicted octanol–water partition coefficient (Wildman–Crippen LogP) is 2.16. The Balaban J connectivity index is 0. The third-order valence-electron chi connectivity index (χ3n) is 1.50. The summed E-state index contributed by atoms with van der Waals surface area (Å²) in [5.41, 5.74) is 0. The van der Waals surface area contributed by atoms with Gasteiger partial charge in [-0.1, -0.05) is 38.9 Å². The van der Waals surface area contributed by atoms with Crippen LogP contribution in [0.4, 0.5) is 0 Å². The van der Waals surface area contributed by atoms with Crippen molar-refractivity contribution in [3.05, 3.63) is 0 Å². The molecule has 0 rings (SSSR count). The van der Waals surface area contributed by atoms with Crippen LogP contribution in [-0.2, 0) is 0 Å². The van der Waals surface area contributed by atoms with Gasteiger partial charge in [-0.25, -0.2) is 0 Å². The summed E-state index contributed by atoms with van der Waals surface area (Å²) in [4.78, 5) is 0. The summed E-state index contributed by atoms with van der Waals surface area (Å²) < 4.78 is 0. The van der Waals surface area contributed by atoms with Crippen molar-refractivity contribution in [1.29, 1.82) is 0 Å². The van der Waals surface area contributed by atoms with Crippen LogP contribution < -0.4 is 0 Å². The van der Waals surface area contributed by atoms with Gasteiger partial charge in [-0.2, -0.15) is 0 Å². The van der Waals surface area contributed by atoms with Gasteiger partial charge in [0.15, 0.2) is 0 Å². The molecule has 0 aromatic heterocycles. The van der Waals surface area contributed by atoms with Gasteiger partial charge in [0, 0.05) is 33.2 Å². The summed E-state index contributed by atoms with van der Waals surface area (Å²) in [6, 6.07) is 4.37. The van der Waals surface area contributed by atoms with Crippen molar-refractivity contribution in [2.45, 2.75) is 38.9 Å². The summed E-state index contributed by atoms with van der Waals surface area (Å²) in [5, 5.41) is 0. The van der Waals surface area contributed by atoms with E-state index < -0.39 is 0 Å². The van der Waals surface area contributed by atoms with Crippen LogP contribution in [0.2, 0.25) is 18.1 Å². The molecule has 0 unspecified atom stereocenters. The maximum absolute atomic E-state index is 2.31. The van der Waals surface area contributed by atoms with Gasteiger partial charge >= 0.3 is 0 Å². The fraction of sp³-hybridized carbons (Fsp3) is 1.00. The summed E-state index contributed by atoms with van der Waals surface area (Å²) >= 11 is 0. The van der Waals surface area contributed by atoms with E-state index in [0.29, 0.717) is 0 Å². The molecule has 8 heavy (non-hydrogen) atoms. The van der Waals surface area contributed by atoms with Gasteiger partial charge in [0.1, 0.15) is 0 Å². The molecule has 0 fully saturated rings. The molecule has 0 spiro atoms. The van der Waals surface area contributed by atoms with E-state index in [1.54, 1.807) is 0 Å². The Morgan fingerprint density at radius 3 is 1.12 bits per heavy atom. The Morgan fingerprint density at radius 1 is 0.875 bits per heavy atom. The first-order chi connectivity index (χ1) is 3.35. The molecule has 0 amide bonds. The fourth-order valence-electron chi connectivity index (χ4n) is 0.750. The topological polar surface area (TPSA) is 0 Å². The summed E-state index contributed by atoms with van der Waals surface area (Å²) in [5.74, 6) is 0. The minimum Gasteiger partial charge on any atom is -0.0680 e. The van der Waals surface area contributed by atoms with Crippen molar-refractivity contribution in [3.63, 3.8) is 0 Å². The molecular formula is C6H15SbSi. The third-order valence-corrected chi connectivity index (χ3v) is 4.50. The van der Waals surface area contributed by atoms with Gasteiger partial charge in [0.2, 0.25) is 0 Å². The standard InChI is InChI=1S/C6H15Si.Sb/c1-4-7(5-2)6-3;/h4-6H2,1-3H3;. The van der Waals surface area contributed by atoms with Crippen LogP contribution in [0.15, 0.2) is 0 Å².